The highest BCUT2D eigenvalue weighted by Gasteiger charge is 2.27. The summed E-state index contributed by atoms with van der Waals surface area (Å²) in [5.41, 5.74) is 1.30. The molecule has 0 saturated carbocycles. The molecule has 0 aliphatic carbocycles. The first kappa shape index (κ1) is 28.2. The van der Waals surface area contributed by atoms with Gasteiger partial charge in [-0.3, -0.25) is 9.69 Å². The number of aromatic nitrogens is 1. The van der Waals surface area contributed by atoms with Crippen molar-refractivity contribution in [3.05, 3.63) is 54.1 Å². The topological polar surface area (TPSA) is 73.8 Å². The van der Waals surface area contributed by atoms with Crippen LogP contribution in [0.15, 0.2) is 53.4 Å². The number of fused-ring (bicyclic) bond motifs is 1. The molecule has 0 fully saturated rings. The van der Waals surface area contributed by atoms with E-state index >= 15 is 0 Å². The molecule has 2 aromatic carbocycles. The van der Waals surface area contributed by atoms with Crippen LogP contribution in [0.4, 0.5) is 5.13 Å². The maximum Gasteiger partial charge on any atom is 0.260 e. The zero-order valence-electron chi connectivity index (χ0n) is 22.1. The van der Waals surface area contributed by atoms with Crippen molar-refractivity contribution in [1.29, 1.82) is 0 Å². The SMILES string of the molecule is CC(C)CN(CC(C)C)S(=O)(=O)c1ccc(C(=O)N(CCCN(C)C)c2nc3ccccc3s2)cc1. The Morgan fingerprint density at radius 1 is 0.917 bits per heavy atom. The molecule has 196 valence electrons. The summed E-state index contributed by atoms with van der Waals surface area (Å²) >= 11 is 1.49. The van der Waals surface area contributed by atoms with Crippen LogP contribution in [0.3, 0.4) is 0 Å². The number of benzene rings is 2. The highest BCUT2D eigenvalue weighted by Crippen LogP contribution is 2.30. The summed E-state index contributed by atoms with van der Waals surface area (Å²) in [7, 11) is 0.355. The lowest BCUT2D eigenvalue weighted by Crippen LogP contribution is -2.37. The van der Waals surface area contributed by atoms with Crippen molar-refractivity contribution < 1.29 is 13.2 Å². The van der Waals surface area contributed by atoms with Gasteiger partial charge in [0.25, 0.3) is 5.91 Å². The maximum atomic E-state index is 13.6. The van der Waals surface area contributed by atoms with Crippen LogP contribution in [-0.2, 0) is 10.0 Å². The van der Waals surface area contributed by atoms with Crippen molar-refractivity contribution in [3.63, 3.8) is 0 Å². The number of carbonyl (C=O) groups excluding carboxylic acids is 1. The standard InChI is InChI=1S/C27H38N4O3S2/c1-20(2)18-30(19-21(3)4)36(33,34)23-14-12-22(13-15-23)26(32)31(17-9-16-29(5)6)27-28-24-10-7-8-11-25(24)35-27/h7-8,10-15,20-21H,9,16-19H2,1-6H3. The second kappa shape index (κ2) is 12.3. The summed E-state index contributed by atoms with van der Waals surface area (Å²) in [6, 6.07) is 14.2. The third kappa shape index (κ3) is 7.12. The summed E-state index contributed by atoms with van der Waals surface area (Å²) in [5, 5.41) is 0.650. The predicted octanol–water partition coefficient (Wildman–Crippen LogP) is 5.20. The quantitative estimate of drug-likeness (QED) is 0.322. The Hall–Kier alpha value is -2.33. The average molecular weight is 531 g/mol. The lowest BCUT2D eigenvalue weighted by molar-refractivity contribution is 0.0986. The van der Waals surface area contributed by atoms with Crippen molar-refractivity contribution in [1.82, 2.24) is 14.2 Å². The highest BCUT2D eigenvalue weighted by molar-refractivity contribution is 7.89. The fourth-order valence-electron chi connectivity index (χ4n) is 3.96. The lowest BCUT2D eigenvalue weighted by Gasteiger charge is -2.26. The van der Waals surface area contributed by atoms with Gasteiger partial charge in [0.15, 0.2) is 5.13 Å². The second-order valence-electron chi connectivity index (χ2n) is 10.2. The molecule has 0 bridgehead atoms. The van der Waals surface area contributed by atoms with Gasteiger partial charge in [0, 0.05) is 25.2 Å². The van der Waals surface area contributed by atoms with Gasteiger partial charge in [-0.05, 0) is 75.3 Å². The number of anilines is 1. The molecule has 0 radical (unpaired) electrons. The second-order valence-corrected chi connectivity index (χ2v) is 13.2. The van der Waals surface area contributed by atoms with E-state index in [1.165, 1.54) is 11.3 Å². The third-order valence-electron chi connectivity index (χ3n) is 5.62. The van der Waals surface area contributed by atoms with E-state index in [1.807, 2.05) is 66.1 Å². The molecule has 0 saturated heterocycles. The van der Waals surface area contributed by atoms with Gasteiger partial charge in [-0.1, -0.05) is 51.2 Å². The maximum absolute atomic E-state index is 13.6. The Kier molecular flexibility index (Phi) is 9.63. The number of para-hydroxylation sites is 1. The Morgan fingerprint density at radius 2 is 1.53 bits per heavy atom. The molecule has 0 N–H and O–H groups in total. The molecule has 1 amide bonds. The van der Waals surface area contributed by atoms with Crippen LogP contribution in [0.5, 0.6) is 0 Å². The molecular formula is C27H38N4O3S2. The number of rotatable bonds is 12. The summed E-state index contributed by atoms with van der Waals surface area (Å²) in [6.07, 6.45) is 0.792. The van der Waals surface area contributed by atoms with Gasteiger partial charge in [0.2, 0.25) is 10.0 Å². The number of nitrogens with zero attached hydrogens (tertiary/aromatic N) is 4. The van der Waals surface area contributed by atoms with Gasteiger partial charge in [-0.25, -0.2) is 13.4 Å². The van der Waals surface area contributed by atoms with Crippen LogP contribution >= 0.6 is 11.3 Å². The van der Waals surface area contributed by atoms with E-state index in [2.05, 4.69) is 4.90 Å². The Bertz CT molecular complexity index is 1210. The van der Waals surface area contributed by atoms with Gasteiger partial charge in [0.1, 0.15) is 0 Å². The van der Waals surface area contributed by atoms with Crippen molar-refractivity contribution in [2.45, 2.75) is 39.0 Å². The van der Waals surface area contributed by atoms with Crippen molar-refractivity contribution >= 4 is 42.6 Å². The van der Waals surface area contributed by atoms with Crippen LogP contribution < -0.4 is 4.90 Å². The van der Waals surface area contributed by atoms with E-state index in [-0.39, 0.29) is 22.6 Å². The highest BCUT2D eigenvalue weighted by atomic mass is 32.2. The Labute approximate surface area is 219 Å². The normalized spacial score (nSPS) is 12.4. The minimum Gasteiger partial charge on any atom is -0.309 e. The summed E-state index contributed by atoms with van der Waals surface area (Å²) in [4.78, 5) is 22.3. The molecule has 1 heterocycles. The van der Waals surface area contributed by atoms with Gasteiger partial charge >= 0.3 is 0 Å². The smallest absolute Gasteiger partial charge is 0.260 e. The van der Waals surface area contributed by atoms with E-state index in [9.17, 15) is 13.2 Å². The number of amides is 1. The molecule has 0 aliphatic rings. The molecule has 1 aromatic heterocycles. The van der Waals surface area contributed by atoms with E-state index in [4.69, 9.17) is 4.98 Å². The molecule has 9 heteroatoms. The number of hydrogen-bond donors (Lipinski definition) is 0. The van der Waals surface area contributed by atoms with Crippen molar-refractivity contribution in [2.24, 2.45) is 11.8 Å². The minimum absolute atomic E-state index is 0.182. The van der Waals surface area contributed by atoms with Gasteiger partial charge in [-0.2, -0.15) is 4.31 Å². The zero-order chi connectivity index (χ0) is 26.5. The summed E-state index contributed by atoms with van der Waals surface area (Å²) < 4.78 is 29.3. The van der Waals surface area contributed by atoms with Crippen LogP contribution in [0.25, 0.3) is 10.2 Å². The summed E-state index contributed by atoms with van der Waals surface area (Å²) in [5.74, 6) is 0.241. The molecule has 0 atom stereocenters. The molecule has 36 heavy (non-hydrogen) atoms. The van der Waals surface area contributed by atoms with Crippen LogP contribution in [0, 0.1) is 11.8 Å². The number of thiazole rings is 1. The van der Waals surface area contributed by atoms with Gasteiger partial charge in [0.05, 0.1) is 15.1 Å². The first-order valence-corrected chi connectivity index (χ1v) is 14.7. The van der Waals surface area contributed by atoms with Crippen LogP contribution in [-0.4, -0.2) is 68.8 Å². The summed E-state index contributed by atoms with van der Waals surface area (Å²) in [6.45, 7) is 10.3. The lowest BCUT2D eigenvalue weighted by atomic mass is 10.2. The predicted molar refractivity (Wildman–Crippen MR) is 149 cm³/mol. The van der Waals surface area contributed by atoms with Crippen molar-refractivity contribution in [2.75, 3.05) is 45.2 Å². The van der Waals surface area contributed by atoms with Gasteiger partial charge < -0.3 is 4.90 Å². The van der Waals surface area contributed by atoms with E-state index < -0.39 is 10.0 Å². The fourth-order valence-corrected chi connectivity index (χ4v) is 6.72. The molecule has 7 nitrogen and oxygen atoms in total. The van der Waals surface area contributed by atoms with Crippen LogP contribution in [0.2, 0.25) is 0 Å². The Morgan fingerprint density at radius 3 is 2.08 bits per heavy atom. The average Bonchev–Trinajstić information content (AvgIpc) is 3.24. The van der Waals surface area contributed by atoms with E-state index in [1.54, 1.807) is 33.5 Å². The van der Waals surface area contributed by atoms with Crippen LogP contribution in [0.1, 0.15) is 44.5 Å². The first-order valence-electron chi connectivity index (χ1n) is 12.4. The number of sulfonamides is 1. The zero-order valence-corrected chi connectivity index (χ0v) is 23.8. The molecule has 0 aliphatic heterocycles. The molecular weight excluding hydrogens is 492 g/mol. The van der Waals surface area contributed by atoms with Gasteiger partial charge in [-0.15, -0.1) is 0 Å². The first-order chi connectivity index (χ1) is 17.0. The third-order valence-corrected chi connectivity index (χ3v) is 8.53. The minimum atomic E-state index is -3.65. The Balaban J connectivity index is 1.89. The molecule has 3 aromatic rings. The van der Waals surface area contributed by atoms with E-state index in [0.717, 1.165) is 23.2 Å². The van der Waals surface area contributed by atoms with E-state index in [0.29, 0.717) is 30.3 Å². The largest absolute Gasteiger partial charge is 0.309 e. The molecule has 0 spiro atoms. The number of carbonyl (C=O) groups is 1. The van der Waals surface area contributed by atoms with Crippen molar-refractivity contribution in [3.8, 4) is 0 Å². The molecule has 0 unspecified atom stereocenters. The fraction of sp³-hybridized carbons (Fsp3) is 0.481. The molecule has 3 rings (SSSR count). The monoisotopic (exact) mass is 530 g/mol. The number of hydrogen-bond acceptors (Lipinski definition) is 6.